The highest BCUT2D eigenvalue weighted by molar-refractivity contribution is 5.85. The number of carbonyl (C=O) groups is 2. The van der Waals surface area contributed by atoms with E-state index < -0.39 is 17.7 Å². The van der Waals surface area contributed by atoms with Crippen LogP contribution in [0.4, 0.5) is 4.79 Å². The van der Waals surface area contributed by atoms with Crippen molar-refractivity contribution < 1.29 is 14.3 Å². The van der Waals surface area contributed by atoms with Gasteiger partial charge in [-0.05, 0) is 32.4 Å². The Hall–Kier alpha value is -2.83. The van der Waals surface area contributed by atoms with E-state index >= 15 is 0 Å². The molecule has 0 fully saturated rings. The van der Waals surface area contributed by atoms with Gasteiger partial charge in [0.05, 0.1) is 12.2 Å². The van der Waals surface area contributed by atoms with Crippen molar-refractivity contribution in [3.05, 3.63) is 53.9 Å². The van der Waals surface area contributed by atoms with Crippen LogP contribution in [0.25, 0.3) is 0 Å². The van der Waals surface area contributed by atoms with Crippen LogP contribution in [0, 0.1) is 0 Å². The highest BCUT2D eigenvalue weighted by Gasteiger charge is 2.24. The second kappa shape index (κ2) is 8.32. The molecular formula is C18H24N4O3. The Morgan fingerprint density at radius 1 is 1.20 bits per heavy atom. The molecule has 0 radical (unpaired) electrons. The molecular weight excluding hydrogens is 320 g/mol. The lowest BCUT2D eigenvalue weighted by Gasteiger charge is -2.23. The third-order valence-corrected chi connectivity index (χ3v) is 3.30. The molecule has 1 aromatic carbocycles. The molecule has 0 aliphatic carbocycles. The number of hydrogen-bond acceptors (Lipinski definition) is 4. The third kappa shape index (κ3) is 6.66. The van der Waals surface area contributed by atoms with Crippen molar-refractivity contribution in [1.29, 1.82) is 0 Å². The summed E-state index contributed by atoms with van der Waals surface area (Å²) in [6.07, 6.45) is 1.36. The lowest BCUT2D eigenvalue weighted by molar-refractivity contribution is -0.123. The fourth-order valence-corrected chi connectivity index (χ4v) is 2.20. The van der Waals surface area contributed by atoms with Gasteiger partial charge in [0.2, 0.25) is 5.91 Å². The van der Waals surface area contributed by atoms with Crippen LogP contribution in [0.5, 0.6) is 0 Å². The highest BCUT2D eigenvalue weighted by Crippen LogP contribution is 2.09. The maximum Gasteiger partial charge on any atom is 0.408 e. The summed E-state index contributed by atoms with van der Waals surface area (Å²) in [5, 5.41) is 12.1. The van der Waals surface area contributed by atoms with E-state index in [2.05, 4.69) is 20.8 Å². The van der Waals surface area contributed by atoms with Gasteiger partial charge in [-0.3, -0.25) is 9.89 Å². The standard InChI is InChI=1S/C18H24N4O3/c1-18(2,3)25-17(24)21-15(11-13-7-5-4-6-8-13)16(23)19-12-14-9-10-20-22-14/h4-10,15H,11-12H2,1-3H3,(H,19,23)(H,20,22)(H,21,24)/t15-/m1/s1. The Kier molecular flexibility index (Phi) is 6.16. The first kappa shape index (κ1) is 18.5. The summed E-state index contributed by atoms with van der Waals surface area (Å²) < 4.78 is 5.26. The average molecular weight is 344 g/mol. The summed E-state index contributed by atoms with van der Waals surface area (Å²) >= 11 is 0. The summed E-state index contributed by atoms with van der Waals surface area (Å²) in [5.74, 6) is -0.288. The molecule has 1 atom stereocenters. The normalized spacial score (nSPS) is 12.3. The van der Waals surface area contributed by atoms with Crippen LogP contribution < -0.4 is 10.6 Å². The fraction of sp³-hybridized carbons (Fsp3) is 0.389. The summed E-state index contributed by atoms with van der Waals surface area (Å²) in [5.41, 5.74) is 1.10. The largest absolute Gasteiger partial charge is 0.444 e. The molecule has 3 N–H and O–H groups in total. The minimum absolute atomic E-state index is 0.288. The SMILES string of the molecule is CC(C)(C)OC(=O)N[C@H](Cc1ccccc1)C(=O)NCc1ccn[nH]1. The van der Waals surface area contributed by atoms with E-state index in [1.807, 2.05) is 30.3 Å². The van der Waals surface area contributed by atoms with Crippen molar-refractivity contribution in [2.45, 2.75) is 45.4 Å². The quantitative estimate of drug-likeness (QED) is 0.748. The zero-order valence-electron chi connectivity index (χ0n) is 14.7. The molecule has 0 aliphatic heterocycles. The maximum absolute atomic E-state index is 12.5. The van der Waals surface area contributed by atoms with Gasteiger partial charge in [-0.25, -0.2) is 4.79 Å². The monoisotopic (exact) mass is 344 g/mol. The molecule has 0 spiro atoms. The van der Waals surface area contributed by atoms with Gasteiger partial charge < -0.3 is 15.4 Å². The predicted molar refractivity (Wildman–Crippen MR) is 93.7 cm³/mol. The van der Waals surface area contributed by atoms with Crippen molar-refractivity contribution in [2.75, 3.05) is 0 Å². The maximum atomic E-state index is 12.5. The fourth-order valence-electron chi connectivity index (χ4n) is 2.20. The summed E-state index contributed by atoms with van der Waals surface area (Å²) in [4.78, 5) is 24.6. The summed E-state index contributed by atoms with van der Waals surface area (Å²) in [6.45, 7) is 5.63. The van der Waals surface area contributed by atoms with E-state index in [1.54, 1.807) is 33.0 Å². The molecule has 25 heavy (non-hydrogen) atoms. The number of benzene rings is 1. The number of nitrogens with zero attached hydrogens (tertiary/aromatic N) is 1. The van der Waals surface area contributed by atoms with Crippen molar-refractivity contribution in [1.82, 2.24) is 20.8 Å². The van der Waals surface area contributed by atoms with Crippen molar-refractivity contribution in [2.24, 2.45) is 0 Å². The second-order valence-corrected chi connectivity index (χ2v) is 6.69. The predicted octanol–water partition coefficient (Wildman–Crippen LogP) is 2.16. The number of alkyl carbamates (subject to hydrolysis) is 1. The second-order valence-electron chi connectivity index (χ2n) is 6.69. The summed E-state index contributed by atoms with van der Waals surface area (Å²) in [6, 6.07) is 10.5. The van der Waals surface area contributed by atoms with Crippen LogP contribution in [0.3, 0.4) is 0 Å². The molecule has 2 amide bonds. The molecule has 0 aliphatic rings. The van der Waals surface area contributed by atoms with Crippen molar-refractivity contribution >= 4 is 12.0 Å². The van der Waals surface area contributed by atoms with Gasteiger partial charge in [-0.1, -0.05) is 30.3 Å². The van der Waals surface area contributed by atoms with Gasteiger partial charge in [-0.15, -0.1) is 0 Å². The average Bonchev–Trinajstić information content (AvgIpc) is 3.04. The van der Waals surface area contributed by atoms with Gasteiger partial charge in [0, 0.05) is 12.6 Å². The molecule has 2 aromatic rings. The van der Waals surface area contributed by atoms with E-state index in [4.69, 9.17) is 4.74 Å². The van der Waals surface area contributed by atoms with Crippen LogP contribution in [-0.4, -0.2) is 33.8 Å². The minimum atomic E-state index is -0.736. The molecule has 1 aromatic heterocycles. The first-order chi connectivity index (χ1) is 11.8. The zero-order chi connectivity index (χ0) is 18.3. The van der Waals surface area contributed by atoms with Crippen LogP contribution in [0.2, 0.25) is 0 Å². The number of aromatic amines is 1. The molecule has 7 nitrogen and oxygen atoms in total. The van der Waals surface area contributed by atoms with Gasteiger partial charge in [0.15, 0.2) is 0 Å². The molecule has 2 rings (SSSR count). The van der Waals surface area contributed by atoms with Crippen LogP contribution in [0.1, 0.15) is 32.0 Å². The number of nitrogens with one attached hydrogen (secondary N) is 3. The minimum Gasteiger partial charge on any atom is -0.444 e. The number of ether oxygens (including phenoxy) is 1. The van der Waals surface area contributed by atoms with Crippen LogP contribution in [0.15, 0.2) is 42.6 Å². The van der Waals surface area contributed by atoms with Gasteiger partial charge in [0.1, 0.15) is 11.6 Å². The van der Waals surface area contributed by atoms with Crippen molar-refractivity contribution in [3.63, 3.8) is 0 Å². The highest BCUT2D eigenvalue weighted by atomic mass is 16.6. The Balaban J connectivity index is 2.02. The van der Waals surface area contributed by atoms with Crippen molar-refractivity contribution in [3.8, 4) is 0 Å². The van der Waals surface area contributed by atoms with Gasteiger partial charge in [0.25, 0.3) is 0 Å². The van der Waals surface area contributed by atoms with Gasteiger partial charge >= 0.3 is 6.09 Å². The Bertz CT molecular complexity index is 678. The molecule has 0 saturated heterocycles. The molecule has 0 bridgehead atoms. The lowest BCUT2D eigenvalue weighted by atomic mass is 10.1. The Morgan fingerprint density at radius 3 is 2.52 bits per heavy atom. The zero-order valence-corrected chi connectivity index (χ0v) is 14.7. The number of rotatable bonds is 6. The first-order valence-corrected chi connectivity index (χ1v) is 8.13. The lowest BCUT2D eigenvalue weighted by Crippen LogP contribution is -2.49. The number of amides is 2. The number of carbonyl (C=O) groups excluding carboxylic acids is 2. The number of H-pyrrole nitrogens is 1. The van der Waals surface area contributed by atoms with E-state index in [0.717, 1.165) is 11.3 Å². The molecule has 0 saturated carbocycles. The van der Waals surface area contributed by atoms with E-state index in [9.17, 15) is 9.59 Å². The molecule has 0 unspecified atom stereocenters. The molecule has 1 heterocycles. The Morgan fingerprint density at radius 2 is 1.92 bits per heavy atom. The smallest absolute Gasteiger partial charge is 0.408 e. The number of aromatic nitrogens is 2. The van der Waals surface area contributed by atoms with E-state index in [1.165, 1.54) is 0 Å². The Labute approximate surface area is 147 Å². The third-order valence-electron chi connectivity index (χ3n) is 3.30. The summed E-state index contributed by atoms with van der Waals surface area (Å²) in [7, 11) is 0. The first-order valence-electron chi connectivity index (χ1n) is 8.13. The van der Waals surface area contributed by atoms with Gasteiger partial charge in [-0.2, -0.15) is 5.10 Å². The van der Waals surface area contributed by atoms with Crippen LogP contribution in [-0.2, 0) is 22.5 Å². The van der Waals surface area contributed by atoms with Crippen LogP contribution >= 0.6 is 0 Å². The topological polar surface area (TPSA) is 96.1 Å². The number of hydrogen-bond donors (Lipinski definition) is 3. The van der Waals surface area contributed by atoms with E-state index in [0.29, 0.717) is 13.0 Å². The van der Waals surface area contributed by atoms with E-state index in [-0.39, 0.29) is 5.91 Å². The molecule has 7 heteroatoms. The molecule has 134 valence electrons.